The number of likely N-dealkylation sites (N-methyl/N-ethyl adjacent to an activating group) is 1. The minimum Gasteiger partial charge on any atom is -0.368 e. The van der Waals surface area contributed by atoms with Crippen molar-refractivity contribution in [1.29, 1.82) is 0 Å². The average Bonchev–Trinajstić information content (AvgIpc) is 2.69. The number of halogens is 1. The van der Waals surface area contributed by atoms with Crippen LogP contribution in [0.1, 0.15) is 17.2 Å². The van der Waals surface area contributed by atoms with Gasteiger partial charge in [-0.05, 0) is 35.4 Å². The fourth-order valence-electron chi connectivity index (χ4n) is 3.91. The Morgan fingerprint density at radius 2 is 1.67 bits per heavy atom. The van der Waals surface area contributed by atoms with E-state index >= 15 is 0 Å². The number of fused-ring (bicyclic) bond motifs is 1. The second kappa shape index (κ2) is 7.24. The van der Waals surface area contributed by atoms with Crippen LogP contribution in [0.5, 0.6) is 0 Å². The summed E-state index contributed by atoms with van der Waals surface area (Å²) in [5.74, 6) is 0.000561. The SMILES string of the molecule is CN1C(=O)Cc2ccccc2[C@H]1C(=O)N1CCN(c2ccc(Cl)cc2)CC1. The van der Waals surface area contributed by atoms with E-state index in [1.165, 1.54) is 0 Å². The molecule has 0 unspecified atom stereocenters. The molecule has 1 saturated heterocycles. The number of rotatable bonds is 2. The van der Waals surface area contributed by atoms with E-state index in [1.54, 1.807) is 11.9 Å². The fourth-order valence-corrected chi connectivity index (χ4v) is 4.04. The van der Waals surface area contributed by atoms with Crippen LogP contribution in [-0.4, -0.2) is 54.8 Å². The zero-order chi connectivity index (χ0) is 19.0. The Labute approximate surface area is 164 Å². The number of nitrogens with zero attached hydrogens (tertiary/aromatic N) is 3. The summed E-state index contributed by atoms with van der Waals surface area (Å²) in [7, 11) is 1.73. The number of carbonyl (C=O) groups is 2. The van der Waals surface area contributed by atoms with Crippen LogP contribution in [-0.2, 0) is 16.0 Å². The Balaban J connectivity index is 1.49. The number of anilines is 1. The summed E-state index contributed by atoms with van der Waals surface area (Å²) in [6.07, 6.45) is 0.362. The lowest BCUT2D eigenvalue weighted by atomic mass is 9.91. The third-order valence-corrected chi connectivity index (χ3v) is 5.74. The van der Waals surface area contributed by atoms with Crippen LogP contribution in [0.15, 0.2) is 48.5 Å². The summed E-state index contributed by atoms with van der Waals surface area (Å²) in [5.41, 5.74) is 3.02. The molecule has 27 heavy (non-hydrogen) atoms. The van der Waals surface area contributed by atoms with Crippen molar-refractivity contribution in [3.63, 3.8) is 0 Å². The molecule has 0 aliphatic carbocycles. The second-order valence-corrected chi connectivity index (χ2v) is 7.51. The molecule has 5 nitrogen and oxygen atoms in total. The molecule has 0 N–H and O–H groups in total. The maximum absolute atomic E-state index is 13.3. The van der Waals surface area contributed by atoms with Crippen molar-refractivity contribution in [2.45, 2.75) is 12.5 Å². The summed E-state index contributed by atoms with van der Waals surface area (Å²) in [6, 6.07) is 15.0. The number of piperazine rings is 1. The van der Waals surface area contributed by atoms with Crippen LogP contribution < -0.4 is 4.90 Å². The third kappa shape index (κ3) is 3.39. The fraction of sp³-hybridized carbons (Fsp3) is 0.333. The van der Waals surface area contributed by atoms with E-state index in [0.717, 1.165) is 34.9 Å². The van der Waals surface area contributed by atoms with E-state index < -0.39 is 6.04 Å². The molecule has 0 aromatic heterocycles. The van der Waals surface area contributed by atoms with Crippen LogP contribution in [0.4, 0.5) is 5.69 Å². The summed E-state index contributed by atoms with van der Waals surface area (Å²) in [5, 5.41) is 0.719. The minimum absolute atomic E-state index is 0.00755. The van der Waals surface area contributed by atoms with Crippen LogP contribution >= 0.6 is 11.6 Å². The van der Waals surface area contributed by atoms with E-state index in [0.29, 0.717) is 19.5 Å². The van der Waals surface area contributed by atoms with Gasteiger partial charge in [-0.3, -0.25) is 9.59 Å². The predicted octanol–water partition coefficient (Wildman–Crippen LogP) is 2.74. The largest absolute Gasteiger partial charge is 0.368 e. The predicted molar refractivity (Wildman–Crippen MR) is 106 cm³/mol. The van der Waals surface area contributed by atoms with Gasteiger partial charge in [-0.15, -0.1) is 0 Å². The third-order valence-electron chi connectivity index (χ3n) is 5.49. The van der Waals surface area contributed by atoms with E-state index in [9.17, 15) is 9.59 Å². The van der Waals surface area contributed by atoms with Gasteiger partial charge in [0.2, 0.25) is 11.8 Å². The van der Waals surface area contributed by atoms with Crippen molar-refractivity contribution in [1.82, 2.24) is 9.80 Å². The van der Waals surface area contributed by atoms with Gasteiger partial charge in [-0.25, -0.2) is 0 Å². The molecule has 0 radical (unpaired) electrons. The van der Waals surface area contributed by atoms with Crippen molar-refractivity contribution in [2.75, 3.05) is 38.1 Å². The summed E-state index contributed by atoms with van der Waals surface area (Å²) < 4.78 is 0. The van der Waals surface area contributed by atoms with Gasteiger partial charge in [0.05, 0.1) is 6.42 Å². The summed E-state index contributed by atoms with van der Waals surface area (Å²) in [4.78, 5) is 31.3. The summed E-state index contributed by atoms with van der Waals surface area (Å²) >= 11 is 5.96. The molecule has 2 aliphatic heterocycles. The first kappa shape index (κ1) is 17.9. The zero-order valence-corrected chi connectivity index (χ0v) is 16.0. The molecule has 0 bridgehead atoms. The quantitative estimate of drug-likeness (QED) is 0.801. The molecule has 0 saturated carbocycles. The number of benzene rings is 2. The molecular formula is C21H22ClN3O2. The first-order chi connectivity index (χ1) is 13.0. The van der Waals surface area contributed by atoms with Crippen molar-refractivity contribution in [3.05, 3.63) is 64.7 Å². The van der Waals surface area contributed by atoms with E-state index in [1.807, 2.05) is 53.4 Å². The molecule has 2 aliphatic rings. The molecule has 4 rings (SSSR count). The molecular weight excluding hydrogens is 362 g/mol. The van der Waals surface area contributed by atoms with Crippen LogP contribution in [0.3, 0.4) is 0 Å². The number of carbonyl (C=O) groups excluding carboxylic acids is 2. The van der Waals surface area contributed by atoms with Crippen molar-refractivity contribution < 1.29 is 9.59 Å². The Morgan fingerprint density at radius 1 is 1.00 bits per heavy atom. The van der Waals surface area contributed by atoms with Crippen LogP contribution in [0.25, 0.3) is 0 Å². The highest BCUT2D eigenvalue weighted by atomic mass is 35.5. The van der Waals surface area contributed by atoms with Gasteiger partial charge in [0.15, 0.2) is 0 Å². The molecule has 1 atom stereocenters. The lowest BCUT2D eigenvalue weighted by Crippen LogP contribution is -2.53. The van der Waals surface area contributed by atoms with E-state index in [-0.39, 0.29) is 11.8 Å². The van der Waals surface area contributed by atoms with Gasteiger partial charge in [-0.2, -0.15) is 0 Å². The van der Waals surface area contributed by atoms with Crippen molar-refractivity contribution in [2.24, 2.45) is 0 Å². The average molecular weight is 384 g/mol. The smallest absolute Gasteiger partial charge is 0.250 e. The van der Waals surface area contributed by atoms with Gasteiger partial charge in [-0.1, -0.05) is 35.9 Å². The van der Waals surface area contributed by atoms with Gasteiger partial charge in [0.1, 0.15) is 6.04 Å². The Morgan fingerprint density at radius 3 is 2.37 bits per heavy atom. The maximum atomic E-state index is 13.3. The monoisotopic (exact) mass is 383 g/mol. The van der Waals surface area contributed by atoms with Gasteiger partial charge in [0.25, 0.3) is 0 Å². The molecule has 2 amide bonds. The number of hydrogen-bond donors (Lipinski definition) is 0. The Kier molecular flexibility index (Phi) is 4.79. The molecule has 140 valence electrons. The Bertz CT molecular complexity index is 860. The van der Waals surface area contributed by atoms with E-state index in [2.05, 4.69) is 4.90 Å². The van der Waals surface area contributed by atoms with Crippen molar-refractivity contribution in [3.8, 4) is 0 Å². The Hall–Kier alpha value is -2.53. The highest BCUT2D eigenvalue weighted by Crippen LogP contribution is 2.31. The molecule has 0 spiro atoms. The minimum atomic E-state index is -0.524. The first-order valence-corrected chi connectivity index (χ1v) is 9.55. The normalized spacial score (nSPS) is 19.9. The first-order valence-electron chi connectivity index (χ1n) is 9.17. The van der Waals surface area contributed by atoms with Gasteiger partial charge < -0.3 is 14.7 Å². The van der Waals surface area contributed by atoms with E-state index in [4.69, 9.17) is 11.6 Å². The second-order valence-electron chi connectivity index (χ2n) is 7.07. The van der Waals surface area contributed by atoms with Crippen LogP contribution in [0, 0.1) is 0 Å². The zero-order valence-electron chi connectivity index (χ0n) is 15.3. The highest BCUT2D eigenvalue weighted by Gasteiger charge is 2.37. The summed E-state index contributed by atoms with van der Waals surface area (Å²) in [6.45, 7) is 2.81. The lowest BCUT2D eigenvalue weighted by Gasteiger charge is -2.40. The van der Waals surface area contributed by atoms with Gasteiger partial charge in [0, 0.05) is 43.9 Å². The van der Waals surface area contributed by atoms with Gasteiger partial charge >= 0.3 is 0 Å². The van der Waals surface area contributed by atoms with Crippen LogP contribution in [0.2, 0.25) is 5.02 Å². The molecule has 1 fully saturated rings. The molecule has 6 heteroatoms. The number of hydrogen-bond acceptors (Lipinski definition) is 3. The number of amides is 2. The molecule has 2 aromatic rings. The topological polar surface area (TPSA) is 43.9 Å². The highest BCUT2D eigenvalue weighted by molar-refractivity contribution is 6.30. The standard InChI is InChI=1S/C21H22ClN3O2/c1-23-19(26)14-15-4-2-3-5-18(15)20(23)21(27)25-12-10-24(11-13-25)17-8-6-16(22)7-9-17/h2-9,20H,10-14H2,1H3/t20-/m0/s1. The molecule has 2 heterocycles. The lowest BCUT2D eigenvalue weighted by molar-refractivity contribution is -0.145. The van der Waals surface area contributed by atoms with Crippen molar-refractivity contribution >= 4 is 29.1 Å². The molecule has 2 aromatic carbocycles. The maximum Gasteiger partial charge on any atom is 0.250 e.